The number of carbonyl (C=O) groups excluding carboxylic acids is 1. The van der Waals surface area contributed by atoms with E-state index in [4.69, 9.17) is 16.6 Å². The third-order valence-corrected chi connectivity index (χ3v) is 7.85. The Labute approximate surface area is 248 Å². The molecule has 3 atom stereocenters. The monoisotopic (exact) mass is 591 g/mol. The zero-order chi connectivity index (χ0) is 29.8. The molecule has 1 fully saturated rings. The summed E-state index contributed by atoms with van der Waals surface area (Å²) < 4.78 is 3.40. The van der Waals surface area contributed by atoms with Crippen LogP contribution in [0.25, 0.3) is 17.0 Å². The largest absolute Gasteiger partial charge is 0.480 e. The average molecular weight is 592 g/mol. The van der Waals surface area contributed by atoms with Crippen molar-refractivity contribution in [3.8, 4) is 11.3 Å². The van der Waals surface area contributed by atoms with Crippen LogP contribution < -0.4 is 15.8 Å². The number of anilines is 1. The predicted octanol–water partition coefficient (Wildman–Crippen LogP) is 3.76. The lowest BCUT2D eigenvalue weighted by molar-refractivity contribution is -0.142. The van der Waals surface area contributed by atoms with Gasteiger partial charge in [0, 0.05) is 48.8 Å². The number of carboxylic acids is 1. The Morgan fingerprint density at radius 1 is 1.12 bits per heavy atom. The van der Waals surface area contributed by atoms with E-state index >= 15 is 0 Å². The molecule has 1 aliphatic heterocycles. The van der Waals surface area contributed by atoms with E-state index in [9.17, 15) is 24.6 Å². The molecule has 3 N–H and O–H groups in total. The van der Waals surface area contributed by atoms with Gasteiger partial charge in [0.1, 0.15) is 17.9 Å². The molecule has 2 aromatic heterocycles. The van der Waals surface area contributed by atoms with Gasteiger partial charge in [-0.1, -0.05) is 73.8 Å². The highest BCUT2D eigenvalue weighted by Crippen LogP contribution is 2.29. The number of β-amino-alcohol motifs (C(OH)–C–C–N with tert-alkyl or cyclic N) is 1. The highest BCUT2D eigenvalue weighted by atomic mass is 35.5. The highest BCUT2D eigenvalue weighted by molar-refractivity contribution is 6.30. The number of aromatic nitrogens is 3. The number of benzene rings is 2. The fourth-order valence-electron chi connectivity index (χ4n) is 5.45. The zero-order valence-electron chi connectivity index (χ0n) is 23.3. The summed E-state index contributed by atoms with van der Waals surface area (Å²) in [5.41, 5.74) is 1.86. The van der Waals surface area contributed by atoms with Crippen LogP contribution in [-0.4, -0.2) is 60.8 Å². The first-order valence-electron chi connectivity index (χ1n) is 14.2. The molecule has 42 heavy (non-hydrogen) atoms. The molecule has 1 aliphatic rings. The fourth-order valence-corrected chi connectivity index (χ4v) is 5.57. The number of carbonyl (C=O) groups is 2. The van der Waals surface area contributed by atoms with E-state index in [0.29, 0.717) is 28.9 Å². The Morgan fingerprint density at radius 3 is 2.55 bits per heavy atom. The molecule has 0 spiro atoms. The summed E-state index contributed by atoms with van der Waals surface area (Å²) in [6.45, 7) is 2.75. The number of amides is 1. The Kier molecular flexibility index (Phi) is 8.94. The van der Waals surface area contributed by atoms with Crippen LogP contribution in [0.2, 0.25) is 5.02 Å². The number of hydrogen-bond donors (Lipinski definition) is 3. The number of imidazole rings is 1. The van der Waals surface area contributed by atoms with E-state index < -0.39 is 30.1 Å². The molecular formula is C31H34ClN5O5. The minimum absolute atomic E-state index is 0.0995. The number of aliphatic hydroxyl groups excluding tert-OH is 1. The second kappa shape index (κ2) is 12.8. The van der Waals surface area contributed by atoms with Crippen molar-refractivity contribution < 1.29 is 19.8 Å². The number of nitrogens with zero attached hydrogens (tertiary/aromatic N) is 4. The minimum atomic E-state index is -1.15. The molecule has 0 bridgehead atoms. The van der Waals surface area contributed by atoms with E-state index in [-0.39, 0.29) is 24.9 Å². The minimum Gasteiger partial charge on any atom is -0.480 e. The number of aliphatic hydroxyl groups is 1. The maximum absolute atomic E-state index is 13.6. The van der Waals surface area contributed by atoms with Gasteiger partial charge in [0.2, 0.25) is 11.7 Å². The van der Waals surface area contributed by atoms with Gasteiger partial charge >= 0.3 is 5.97 Å². The van der Waals surface area contributed by atoms with Crippen molar-refractivity contribution in [2.24, 2.45) is 0 Å². The lowest BCUT2D eigenvalue weighted by Gasteiger charge is -2.29. The molecule has 1 saturated heterocycles. The van der Waals surface area contributed by atoms with E-state index in [1.54, 1.807) is 35.4 Å². The normalized spacial score (nSPS) is 17.5. The van der Waals surface area contributed by atoms with Crippen LogP contribution in [0.15, 0.2) is 71.7 Å². The van der Waals surface area contributed by atoms with Crippen LogP contribution in [0.1, 0.15) is 38.2 Å². The molecule has 220 valence electrons. The number of nitrogens with one attached hydrogen (secondary N) is 1. The summed E-state index contributed by atoms with van der Waals surface area (Å²) in [6.07, 6.45) is 3.82. The fraction of sp³-hybridized carbons (Fsp3) is 0.355. The van der Waals surface area contributed by atoms with Gasteiger partial charge in [0.15, 0.2) is 0 Å². The molecule has 0 unspecified atom stereocenters. The third-order valence-electron chi connectivity index (χ3n) is 7.59. The summed E-state index contributed by atoms with van der Waals surface area (Å²) in [7, 11) is 0. The SMILES string of the molecule is CCCCCn1c(N2C[C@@H](O)C[C@H]2C(=O)N[C@@H](Cc2ccccc2)C(=O)O)cc(=O)n2cc(-c3ccc(Cl)cc3)nc12. The van der Waals surface area contributed by atoms with Crippen LogP contribution in [0.4, 0.5) is 5.82 Å². The van der Waals surface area contributed by atoms with Gasteiger partial charge in [0.05, 0.1) is 11.8 Å². The lowest BCUT2D eigenvalue weighted by atomic mass is 10.1. The van der Waals surface area contributed by atoms with Crippen LogP contribution >= 0.6 is 11.6 Å². The number of unbranched alkanes of at least 4 members (excludes halogenated alkanes) is 2. The molecule has 5 rings (SSSR count). The van der Waals surface area contributed by atoms with Gasteiger partial charge in [-0.2, -0.15) is 0 Å². The molecule has 0 aliphatic carbocycles. The first-order chi connectivity index (χ1) is 20.2. The van der Waals surface area contributed by atoms with Crippen molar-refractivity contribution in [2.45, 2.75) is 63.8 Å². The number of carboxylic acid groups (broad SMARTS) is 1. The van der Waals surface area contributed by atoms with E-state index in [2.05, 4.69) is 12.2 Å². The van der Waals surface area contributed by atoms with Crippen molar-refractivity contribution in [2.75, 3.05) is 11.4 Å². The average Bonchev–Trinajstić information content (AvgIpc) is 3.59. The van der Waals surface area contributed by atoms with Gasteiger partial charge in [-0.05, 0) is 24.1 Å². The second-order valence-corrected chi connectivity index (χ2v) is 11.1. The molecule has 10 nitrogen and oxygen atoms in total. The van der Waals surface area contributed by atoms with Crippen molar-refractivity contribution in [3.63, 3.8) is 0 Å². The third kappa shape index (κ3) is 6.34. The second-order valence-electron chi connectivity index (χ2n) is 10.6. The lowest BCUT2D eigenvalue weighted by Crippen LogP contribution is -2.51. The molecule has 0 saturated carbocycles. The molecule has 4 aromatic rings. The van der Waals surface area contributed by atoms with E-state index in [1.807, 2.05) is 34.9 Å². The van der Waals surface area contributed by atoms with Crippen molar-refractivity contribution in [1.82, 2.24) is 19.3 Å². The summed E-state index contributed by atoms with van der Waals surface area (Å²) in [5, 5.41) is 23.8. The zero-order valence-corrected chi connectivity index (χ0v) is 24.1. The van der Waals surface area contributed by atoms with Crippen LogP contribution in [-0.2, 0) is 22.6 Å². The first-order valence-corrected chi connectivity index (χ1v) is 14.5. The number of rotatable bonds is 11. The molecule has 1 amide bonds. The maximum Gasteiger partial charge on any atom is 0.326 e. The van der Waals surface area contributed by atoms with Gasteiger partial charge in [-0.3, -0.25) is 18.6 Å². The maximum atomic E-state index is 13.6. The van der Waals surface area contributed by atoms with Crippen LogP contribution in [0, 0.1) is 0 Å². The summed E-state index contributed by atoms with van der Waals surface area (Å²) >= 11 is 6.06. The van der Waals surface area contributed by atoms with Gasteiger partial charge in [0.25, 0.3) is 5.56 Å². The topological polar surface area (TPSA) is 129 Å². The molecule has 3 heterocycles. The number of fused-ring (bicyclic) bond motifs is 1. The quantitative estimate of drug-likeness (QED) is 0.227. The van der Waals surface area contributed by atoms with Crippen molar-refractivity contribution in [1.29, 1.82) is 0 Å². The Morgan fingerprint density at radius 2 is 1.86 bits per heavy atom. The van der Waals surface area contributed by atoms with Gasteiger partial charge in [-0.15, -0.1) is 0 Å². The number of hydrogen-bond acceptors (Lipinski definition) is 6. The Bertz CT molecular complexity index is 1620. The Hall–Kier alpha value is -4.15. The molecule has 11 heteroatoms. The van der Waals surface area contributed by atoms with Gasteiger partial charge < -0.3 is 20.4 Å². The first kappa shape index (κ1) is 29.3. The van der Waals surface area contributed by atoms with Crippen LogP contribution in [0.3, 0.4) is 0 Å². The predicted molar refractivity (Wildman–Crippen MR) is 161 cm³/mol. The Balaban J connectivity index is 1.51. The van der Waals surface area contributed by atoms with E-state index in [1.165, 1.54) is 10.5 Å². The number of aliphatic carboxylic acids is 1. The highest BCUT2D eigenvalue weighted by Gasteiger charge is 2.39. The summed E-state index contributed by atoms with van der Waals surface area (Å²) in [5.74, 6) is -0.787. The molecule has 2 aromatic carbocycles. The molecule has 0 radical (unpaired) electrons. The smallest absolute Gasteiger partial charge is 0.326 e. The summed E-state index contributed by atoms with van der Waals surface area (Å²) in [6, 6.07) is 15.7. The summed E-state index contributed by atoms with van der Waals surface area (Å²) in [4.78, 5) is 45.5. The standard InChI is InChI=1S/C31H34ClN5O5/c1-2-3-7-14-35-27(17-28(39)37-19-25(34-31(35)37)21-10-12-22(32)13-11-21)36-18-23(38)16-26(36)29(40)33-24(30(41)42)15-20-8-5-4-6-9-20/h4-6,8-13,17,19,23-24,26,38H,2-3,7,14-16,18H2,1H3,(H,33,40)(H,41,42)/t23-,24-,26-/m0/s1. The molecular weight excluding hydrogens is 558 g/mol. The van der Waals surface area contributed by atoms with Crippen molar-refractivity contribution in [3.05, 3.63) is 87.8 Å². The number of aryl methyl sites for hydroxylation is 1. The van der Waals surface area contributed by atoms with E-state index in [0.717, 1.165) is 30.4 Å². The van der Waals surface area contributed by atoms with Crippen molar-refractivity contribution >= 4 is 35.1 Å². The van der Waals surface area contributed by atoms with Gasteiger partial charge in [-0.25, -0.2) is 9.78 Å². The van der Waals surface area contributed by atoms with Crippen LogP contribution in [0.5, 0.6) is 0 Å². The number of halogens is 1.